The number of fused-ring (bicyclic) bond motifs is 2. The van der Waals surface area contributed by atoms with Gasteiger partial charge >= 0.3 is 0 Å². The first-order chi connectivity index (χ1) is 13.9. The van der Waals surface area contributed by atoms with Gasteiger partial charge in [0.25, 0.3) is 0 Å². The quantitative estimate of drug-likeness (QED) is 0.778. The molecule has 2 aliphatic heterocycles. The van der Waals surface area contributed by atoms with E-state index in [0.29, 0.717) is 24.4 Å². The van der Waals surface area contributed by atoms with Gasteiger partial charge in [-0.2, -0.15) is 4.31 Å². The summed E-state index contributed by atoms with van der Waals surface area (Å²) in [5, 5.41) is 0. The van der Waals surface area contributed by atoms with Gasteiger partial charge in [-0.3, -0.25) is 4.79 Å². The van der Waals surface area contributed by atoms with Crippen molar-refractivity contribution in [1.82, 2.24) is 4.31 Å². The Morgan fingerprint density at radius 2 is 1.79 bits per heavy atom. The summed E-state index contributed by atoms with van der Waals surface area (Å²) in [6.45, 7) is 2.96. The molecule has 152 valence electrons. The molecule has 1 saturated carbocycles. The number of hydrogen-bond acceptors (Lipinski definition) is 3. The average Bonchev–Trinajstić information content (AvgIpc) is 3.01. The molecule has 0 radical (unpaired) electrons. The molecule has 0 spiro atoms. The highest BCUT2D eigenvalue weighted by Crippen LogP contribution is 2.38. The Bertz CT molecular complexity index is 1080. The van der Waals surface area contributed by atoms with E-state index in [4.69, 9.17) is 0 Å². The fourth-order valence-corrected chi connectivity index (χ4v) is 6.25. The highest BCUT2D eigenvalue weighted by atomic mass is 32.2. The van der Waals surface area contributed by atoms with Crippen LogP contribution in [0.3, 0.4) is 0 Å². The second-order valence-electron chi connectivity index (χ2n) is 8.54. The van der Waals surface area contributed by atoms with Crippen LogP contribution in [0, 0.1) is 5.92 Å². The fraction of sp³-hybridized carbons (Fsp3) is 0.435. The van der Waals surface area contributed by atoms with E-state index in [0.717, 1.165) is 42.5 Å². The summed E-state index contributed by atoms with van der Waals surface area (Å²) in [5.74, 6) is 0.339. The first kappa shape index (κ1) is 18.8. The van der Waals surface area contributed by atoms with Gasteiger partial charge in [-0.05, 0) is 67.5 Å². The number of rotatable bonds is 3. The molecular formula is C23H26N2O3S. The highest BCUT2D eigenvalue weighted by Gasteiger charge is 2.38. The minimum atomic E-state index is -3.56. The van der Waals surface area contributed by atoms with Crippen LogP contribution < -0.4 is 4.90 Å². The van der Waals surface area contributed by atoms with Crippen LogP contribution in [0.25, 0.3) is 0 Å². The maximum Gasteiger partial charge on any atom is 0.243 e. The first-order valence-corrected chi connectivity index (χ1v) is 11.9. The Morgan fingerprint density at radius 1 is 1.03 bits per heavy atom. The molecule has 1 aliphatic carbocycles. The first-order valence-electron chi connectivity index (χ1n) is 10.5. The fourth-order valence-electron chi connectivity index (χ4n) is 4.78. The zero-order chi connectivity index (χ0) is 20.2. The third kappa shape index (κ3) is 3.09. The molecule has 6 heteroatoms. The Morgan fingerprint density at radius 3 is 2.52 bits per heavy atom. The maximum absolute atomic E-state index is 13.3. The number of sulfonamides is 1. The predicted molar refractivity (Wildman–Crippen MR) is 112 cm³/mol. The summed E-state index contributed by atoms with van der Waals surface area (Å²) in [6, 6.07) is 13.4. The molecule has 5 rings (SSSR count). The van der Waals surface area contributed by atoms with Crippen molar-refractivity contribution < 1.29 is 13.2 Å². The molecule has 2 aromatic rings. The third-order valence-electron chi connectivity index (χ3n) is 6.69. The molecular weight excluding hydrogens is 384 g/mol. The number of carbonyl (C=O) groups is 1. The van der Waals surface area contributed by atoms with Gasteiger partial charge in [0, 0.05) is 30.7 Å². The van der Waals surface area contributed by atoms with Gasteiger partial charge in [-0.1, -0.05) is 30.7 Å². The minimum absolute atomic E-state index is 0.0814. The number of hydrogen-bond donors (Lipinski definition) is 0. The van der Waals surface area contributed by atoms with Gasteiger partial charge in [0.05, 0.1) is 4.90 Å². The molecule has 3 aliphatic rings. The minimum Gasteiger partial charge on any atom is -0.309 e. The third-order valence-corrected chi connectivity index (χ3v) is 8.53. The maximum atomic E-state index is 13.3. The van der Waals surface area contributed by atoms with Crippen LogP contribution in [0.1, 0.15) is 42.9 Å². The number of benzene rings is 2. The standard InChI is InChI=1S/C23H26N2O3S/c1-16-13-20-14-21(9-10-22(20)25(16)23(26)18-7-4-8-18)29(27,28)24-12-11-17-5-2-3-6-19(17)15-24/h2-3,5-6,9-10,14,16,18H,4,7-8,11-13,15H2,1H3. The zero-order valence-electron chi connectivity index (χ0n) is 16.7. The van der Waals surface area contributed by atoms with Crippen LogP contribution >= 0.6 is 0 Å². The number of carbonyl (C=O) groups excluding carboxylic acids is 1. The van der Waals surface area contributed by atoms with Crippen LogP contribution in [0.4, 0.5) is 5.69 Å². The largest absolute Gasteiger partial charge is 0.309 e. The van der Waals surface area contributed by atoms with Crippen LogP contribution in [-0.4, -0.2) is 31.2 Å². The second kappa shape index (κ2) is 6.96. The number of anilines is 1. The van der Waals surface area contributed by atoms with E-state index in [1.807, 2.05) is 36.1 Å². The van der Waals surface area contributed by atoms with Gasteiger partial charge < -0.3 is 4.90 Å². The van der Waals surface area contributed by atoms with Crippen molar-refractivity contribution in [1.29, 1.82) is 0 Å². The summed E-state index contributed by atoms with van der Waals surface area (Å²) in [6.07, 6.45) is 4.52. The summed E-state index contributed by atoms with van der Waals surface area (Å²) >= 11 is 0. The lowest BCUT2D eigenvalue weighted by Gasteiger charge is -2.32. The Labute approximate surface area is 172 Å². The summed E-state index contributed by atoms with van der Waals surface area (Å²) in [5.41, 5.74) is 4.15. The molecule has 0 N–H and O–H groups in total. The average molecular weight is 411 g/mol. The van der Waals surface area contributed by atoms with Gasteiger partial charge in [0.1, 0.15) is 0 Å². The number of nitrogens with zero attached hydrogens (tertiary/aromatic N) is 2. The lowest BCUT2D eigenvalue weighted by molar-refractivity contribution is -0.125. The topological polar surface area (TPSA) is 57.7 Å². The molecule has 5 nitrogen and oxygen atoms in total. The van der Waals surface area contributed by atoms with Crippen molar-refractivity contribution >= 4 is 21.6 Å². The molecule has 1 amide bonds. The van der Waals surface area contributed by atoms with Crippen molar-refractivity contribution in [2.24, 2.45) is 5.92 Å². The van der Waals surface area contributed by atoms with Crippen LogP contribution in [-0.2, 0) is 34.2 Å². The molecule has 0 bridgehead atoms. The van der Waals surface area contributed by atoms with Crippen molar-refractivity contribution in [3.63, 3.8) is 0 Å². The van der Waals surface area contributed by atoms with E-state index in [1.165, 1.54) is 5.56 Å². The van der Waals surface area contributed by atoms with E-state index in [9.17, 15) is 13.2 Å². The zero-order valence-corrected chi connectivity index (χ0v) is 17.5. The number of amides is 1. The molecule has 29 heavy (non-hydrogen) atoms. The van der Waals surface area contributed by atoms with E-state index < -0.39 is 10.0 Å². The Balaban J connectivity index is 1.43. The van der Waals surface area contributed by atoms with Crippen molar-refractivity contribution in [2.45, 2.75) is 56.5 Å². The molecule has 0 aromatic heterocycles. The van der Waals surface area contributed by atoms with Gasteiger partial charge in [-0.15, -0.1) is 0 Å². The normalized spacial score (nSPS) is 22.1. The van der Waals surface area contributed by atoms with Crippen molar-refractivity contribution in [3.8, 4) is 0 Å². The van der Waals surface area contributed by atoms with E-state index in [2.05, 4.69) is 6.07 Å². The predicted octanol–water partition coefficient (Wildman–Crippen LogP) is 3.51. The van der Waals surface area contributed by atoms with Crippen LogP contribution in [0.15, 0.2) is 47.4 Å². The lowest BCUT2D eigenvalue weighted by Crippen LogP contribution is -2.42. The van der Waals surface area contributed by atoms with Gasteiger partial charge in [-0.25, -0.2) is 8.42 Å². The van der Waals surface area contributed by atoms with Gasteiger partial charge in [0.2, 0.25) is 15.9 Å². The van der Waals surface area contributed by atoms with Crippen molar-refractivity contribution in [2.75, 3.05) is 11.4 Å². The summed E-state index contributed by atoms with van der Waals surface area (Å²) in [7, 11) is -3.56. The SMILES string of the molecule is CC1Cc2cc(S(=O)(=O)N3CCc4ccccc4C3)ccc2N1C(=O)C1CCC1. The van der Waals surface area contributed by atoms with E-state index in [-0.39, 0.29) is 17.9 Å². The van der Waals surface area contributed by atoms with Crippen LogP contribution in [0.2, 0.25) is 0 Å². The van der Waals surface area contributed by atoms with Crippen molar-refractivity contribution in [3.05, 3.63) is 59.2 Å². The molecule has 2 aromatic carbocycles. The molecule has 0 saturated heterocycles. The summed E-state index contributed by atoms with van der Waals surface area (Å²) < 4.78 is 28.2. The molecule has 2 heterocycles. The Kier molecular flexibility index (Phi) is 4.51. The van der Waals surface area contributed by atoms with E-state index >= 15 is 0 Å². The molecule has 1 unspecified atom stereocenters. The Hall–Kier alpha value is -2.18. The van der Waals surface area contributed by atoms with Crippen LogP contribution in [0.5, 0.6) is 0 Å². The monoisotopic (exact) mass is 410 g/mol. The second-order valence-corrected chi connectivity index (χ2v) is 10.5. The van der Waals surface area contributed by atoms with Gasteiger partial charge in [0.15, 0.2) is 0 Å². The smallest absolute Gasteiger partial charge is 0.243 e. The summed E-state index contributed by atoms with van der Waals surface area (Å²) in [4.78, 5) is 15.1. The van der Waals surface area contributed by atoms with E-state index in [1.54, 1.807) is 16.4 Å². The molecule has 1 fully saturated rings. The lowest BCUT2D eigenvalue weighted by atomic mass is 9.84. The highest BCUT2D eigenvalue weighted by molar-refractivity contribution is 7.89. The molecule has 1 atom stereocenters.